The molecule has 0 unspecified atom stereocenters. The largest absolute Gasteiger partial charge is 0.370 e. The molecule has 0 radical (unpaired) electrons. The quantitative estimate of drug-likeness (QED) is 0.916. The van der Waals surface area contributed by atoms with Crippen molar-refractivity contribution in [2.24, 2.45) is 0 Å². The maximum absolute atomic E-state index is 12.8. The summed E-state index contributed by atoms with van der Waals surface area (Å²) in [6.45, 7) is 11.8. The first-order valence-electron chi connectivity index (χ1n) is 9.19. The van der Waals surface area contributed by atoms with Crippen LogP contribution >= 0.6 is 0 Å². The zero-order chi connectivity index (χ0) is 18.7. The van der Waals surface area contributed by atoms with Crippen molar-refractivity contribution in [3.05, 3.63) is 46.8 Å². The molecule has 0 saturated carbocycles. The molecule has 26 heavy (non-hydrogen) atoms. The molecule has 1 N–H and O–H groups in total. The average Bonchev–Trinajstić information content (AvgIpc) is 2.61. The first-order chi connectivity index (χ1) is 12.5. The molecule has 0 bridgehead atoms. The van der Waals surface area contributed by atoms with Crippen molar-refractivity contribution in [3.8, 4) is 0 Å². The molecule has 1 saturated heterocycles. The highest BCUT2D eigenvalue weighted by Gasteiger charge is 2.24. The Labute approximate surface area is 155 Å². The Balaban J connectivity index is 1.68. The lowest BCUT2D eigenvalue weighted by Crippen LogP contribution is -2.49. The molecule has 2 aromatic rings. The van der Waals surface area contributed by atoms with Crippen molar-refractivity contribution in [2.45, 2.75) is 27.7 Å². The van der Waals surface area contributed by atoms with Gasteiger partial charge in [-0.1, -0.05) is 17.7 Å². The number of benzene rings is 1. The molecular formula is C20H27N5O. The number of rotatable bonds is 4. The van der Waals surface area contributed by atoms with Gasteiger partial charge in [0.1, 0.15) is 17.5 Å². The minimum absolute atomic E-state index is 0.120. The van der Waals surface area contributed by atoms with Crippen LogP contribution in [0.1, 0.15) is 34.2 Å². The Morgan fingerprint density at radius 2 is 1.81 bits per heavy atom. The Kier molecular flexibility index (Phi) is 5.40. The molecule has 1 aromatic heterocycles. The number of amides is 1. The first kappa shape index (κ1) is 18.2. The van der Waals surface area contributed by atoms with E-state index in [0.717, 1.165) is 48.2 Å². The predicted molar refractivity (Wildman–Crippen MR) is 105 cm³/mol. The molecular weight excluding hydrogens is 326 g/mol. The van der Waals surface area contributed by atoms with Crippen molar-refractivity contribution in [2.75, 3.05) is 42.9 Å². The minimum Gasteiger partial charge on any atom is -0.370 e. The lowest BCUT2D eigenvalue weighted by molar-refractivity contribution is 0.0745. The van der Waals surface area contributed by atoms with E-state index in [1.807, 2.05) is 43.9 Å². The number of carbonyl (C=O) groups excluding carboxylic acids is 1. The second kappa shape index (κ2) is 7.72. The van der Waals surface area contributed by atoms with Crippen LogP contribution < -0.4 is 10.2 Å². The molecule has 0 aliphatic carbocycles. The summed E-state index contributed by atoms with van der Waals surface area (Å²) < 4.78 is 0. The van der Waals surface area contributed by atoms with Crippen molar-refractivity contribution in [1.82, 2.24) is 14.9 Å². The average molecular weight is 353 g/mol. The summed E-state index contributed by atoms with van der Waals surface area (Å²) >= 11 is 0. The number of carbonyl (C=O) groups is 1. The van der Waals surface area contributed by atoms with Crippen LogP contribution in [-0.2, 0) is 0 Å². The fraction of sp³-hybridized carbons (Fsp3) is 0.450. The van der Waals surface area contributed by atoms with Gasteiger partial charge in [0, 0.05) is 44.4 Å². The lowest BCUT2D eigenvalue weighted by atomic mass is 10.0. The van der Waals surface area contributed by atoms with E-state index >= 15 is 0 Å². The van der Waals surface area contributed by atoms with Gasteiger partial charge in [-0.3, -0.25) is 4.79 Å². The fourth-order valence-corrected chi connectivity index (χ4v) is 3.35. The van der Waals surface area contributed by atoms with E-state index in [0.29, 0.717) is 13.1 Å². The maximum Gasteiger partial charge on any atom is 0.254 e. The van der Waals surface area contributed by atoms with Gasteiger partial charge in [-0.25, -0.2) is 9.97 Å². The van der Waals surface area contributed by atoms with Crippen LogP contribution in [0.5, 0.6) is 0 Å². The third-order valence-electron chi connectivity index (χ3n) is 4.69. The van der Waals surface area contributed by atoms with Gasteiger partial charge < -0.3 is 15.1 Å². The molecule has 138 valence electrons. The Bertz CT molecular complexity index is 797. The van der Waals surface area contributed by atoms with Crippen LogP contribution in [0.4, 0.5) is 11.6 Å². The Morgan fingerprint density at radius 1 is 1.08 bits per heavy atom. The third-order valence-corrected chi connectivity index (χ3v) is 4.69. The summed E-state index contributed by atoms with van der Waals surface area (Å²) in [7, 11) is 0. The van der Waals surface area contributed by atoms with Gasteiger partial charge in [-0.2, -0.15) is 0 Å². The van der Waals surface area contributed by atoms with E-state index in [-0.39, 0.29) is 5.91 Å². The van der Waals surface area contributed by atoms with Gasteiger partial charge in [-0.05, 0) is 39.3 Å². The molecule has 2 heterocycles. The summed E-state index contributed by atoms with van der Waals surface area (Å²) in [5.74, 6) is 2.65. The number of hydrogen-bond donors (Lipinski definition) is 1. The van der Waals surface area contributed by atoms with Crippen LogP contribution in [0.2, 0.25) is 0 Å². The number of nitrogens with zero attached hydrogens (tertiary/aromatic N) is 4. The SMILES string of the molecule is CCNc1cc(N2CCN(C(=O)c3ccc(C)cc3C)CC2)nc(C)n1. The van der Waals surface area contributed by atoms with E-state index in [1.54, 1.807) is 0 Å². The maximum atomic E-state index is 12.8. The van der Waals surface area contributed by atoms with Gasteiger partial charge in [0.05, 0.1) is 0 Å². The number of piperazine rings is 1. The molecule has 0 atom stereocenters. The number of aromatic nitrogens is 2. The molecule has 1 aliphatic heterocycles. The van der Waals surface area contributed by atoms with E-state index in [1.165, 1.54) is 5.56 Å². The molecule has 1 fully saturated rings. The topological polar surface area (TPSA) is 61.4 Å². The fourth-order valence-electron chi connectivity index (χ4n) is 3.35. The second-order valence-corrected chi connectivity index (χ2v) is 6.79. The van der Waals surface area contributed by atoms with Crippen molar-refractivity contribution in [3.63, 3.8) is 0 Å². The second-order valence-electron chi connectivity index (χ2n) is 6.79. The third kappa shape index (κ3) is 3.95. The monoisotopic (exact) mass is 353 g/mol. The van der Waals surface area contributed by atoms with E-state index in [9.17, 15) is 4.79 Å². The number of nitrogens with one attached hydrogen (secondary N) is 1. The van der Waals surface area contributed by atoms with Crippen LogP contribution in [0, 0.1) is 20.8 Å². The number of aryl methyl sites for hydroxylation is 3. The molecule has 0 spiro atoms. The summed E-state index contributed by atoms with van der Waals surface area (Å²) in [6.07, 6.45) is 0. The normalized spacial score (nSPS) is 14.5. The van der Waals surface area contributed by atoms with Crippen molar-refractivity contribution < 1.29 is 4.79 Å². The highest BCUT2D eigenvalue weighted by Crippen LogP contribution is 2.19. The van der Waals surface area contributed by atoms with E-state index in [4.69, 9.17) is 0 Å². The molecule has 1 aromatic carbocycles. The zero-order valence-corrected chi connectivity index (χ0v) is 16.0. The van der Waals surface area contributed by atoms with Crippen LogP contribution in [0.15, 0.2) is 24.3 Å². The van der Waals surface area contributed by atoms with Crippen molar-refractivity contribution in [1.29, 1.82) is 0 Å². The number of anilines is 2. The zero-order valence-electron chi connectivity index (χ0n) is 16.0. The summed E-state index contributed by atoms with van der Waals surface area (Å²) in [4.78, 5) is 26.0. The highest BCUT2D eigenvalue weighted by molar-refractivity contribution is 5.95. The lowest BCUT2D eigenvalue weighted by Gasteiger charge is -2.35. The first-order valence-corrected chi connectivity index (χ1v) is 9.19. The Hall–Kier alpha value is -2.63. The van der Waals surface area contributed by atoms with Gasteiger partial charge in [0.25, 0.3) is 5.91 Å². The van der Waals surface area contributed by atoms with Crippen LogP contribution in [-0.4, -0.2) is 53.5 Å². The van der Waals surface area contributed by atoms with Gasteiger partial charge in [0.15, 0.2) is 0 Å². The number of hydrogen-bond acceptors (Lipinski definition) is 5. The van der Waals surface area contributed by atoms with Crippen LogP contribution in [0.25, 0.3) is 0 Å². The minimum atomic E-state index is 0.120. The molecule has 6 nitrogen and oxygen atoms in total. The molecule has 3 rings (SSSR count). The summed E-state index contributed by atoms with van der Waals surface area (Å²) in [5, 5.41) is 3.24. The predicted octanol–water partition coefficient (Wildman–Crippen LogP) is 2.80. The highest BCUT2D eigenvalue weighted by atomic mass is 16.2. The molecule has 6 heteroatoms. The summed E-state index contributed by atoms with van der Waals surface area (Å²) in [5.41, 5.74) is 3.02. The molecule has 1 amide bonds. The van der Waals surface area contributed by atoms with E-state index in [2.05, 4.69) is 33.2 Å². The molecule has 1 aliphatic rings. The standard InChI is InChI=1S/C20H27N5O/c1-5-21-18-13-19(23-16(4)22-18)24-8-10-25(11-9-24)20(26)17-7-6-14(2)12-15(17)3/h6-7,12-13H,5,8-11H2,1-4H3,(H,21,22,23). The van der Waals surface area contributed by atoms with Gasteiger partial charge >= 0.3 is 0 Å². The Morgan fingerprint density at radius 3 is 2.46 bits per heavy atom. The van der Waals surface area contributed by atoms with Crippen LogP contribution in [0.3, 0.4) is 0 Å². The van der Waals surface area contributed by atoms with E-state index < -0.39 is 0 Å². The van der Waals surface area contributed by atoms with Crippen molar-refractivity contribution >= 4 is 17.5 Å². The summed E-state index contributed by atoms with van der Waals surface area (Å²) in [6, 6.07) is 7.99. The van der Waals surface area contributed by atoms with Gasteiger partial charge in [0.2, 0.25) is 0 Å². The van der Waals surface area contributed by atoms with Gasteiger partial charge in [-0.15, -0.1) is 0 Å². The smallest absolute Gasteiger partial charge is 0.254 e.